The molecule has 0 aliphatic carbocycles. The summed E-state index contributed by atoms with van der Waals surface area (Å²) in [7, 11) is 0. The number of nitrogens with two attached hydrogens (primary N) is 1. The number of hydrogen-bond donors (Lipinski definition) is 4. The van der Waals surface area contributed by atoms with Crippen molar-refractivity contribution in [2.24, 2.45) is 11.7 Å². The van der Waals surface area contributed by atoms with Gasteiger partial charge in [-0.3, -0.25) is 9.59 Å². The fraction of sp³-hybridized carbons (Fsp3) is 0.471. The van der Waals surface area contributed by atoms with E-state index in [9.17, 15) is 14.7 Å². The van der Waals surface area contributed by atoms with Crippen LogP contribution in [-0.2, 0) is 16.0 Å². The Balaban J connectivity index is 2.12. The number of aliphatic hydroxyl groups excluding tert-OH is 1. The summed E-state index contributed by atoms with van der Waals surface area (Å²) >= 11 is 2.62. The Kier molecular flexibility index (Phi) is 7.20. The van der Waals surface area contributed by atoms with Gasteiger partial charge in [0.05, 0.1) is 35.4 Å². The van der Waals surface area contributed by atoms with Gasteiger partial charge in [-0.15, -0.1) is 11.3 Å². The van der Waals surface area contributed by atoms with E-state index in [1.165, 1.54) is 22.7 Å². The monoisotopic (exact) mass is 422 g/mol. The van der Waals surface area contributed by atoms with E-state index in [2.05, 4.69) is 26.7 Å². The number of hydrogen-bond acceptors (Lipinski definition) is 9. The van der Waals surface area contributed by atoms with Crippen LogP contribution < -0.4 is 16.4 Å². The maximum atomic E-state index is 12.5. The summed E-state index contributed by atoms with van der Waals surface area (Å²) in [4.78, 5) is 33.7. The third kappa shape index (κ3) is 5.56. The maximum absolute atomic E-state index is 12.5. The summed E-state index contributed by atoms with van der Waals surface area (Å²) in [6, 6.07) is 2.06. The fourth-order valence-electron chi connectivity index (χ4n) is 2.20. The summed E-state index contributed by atoms with van der Waals surface area (Å²) < 4.78 is 0. The predicted molar refractivity (Wildman–Crippen MR) is 108 cm³/mol. The first-order valence-electron chi connectivity index (χ1n) is 8.42. The van der Waals surface area contributed by atoms with Crippen LogP contribution in [0.2, 0.25) is 0 Å². The first kappa shape index (κ1) is 21.9. The Morgan fingerprint density at radius 1 is 1.43 bits per heavy atom. The van der Waals surface area contributed by atoms with E-state index in [1.807, 2.05) is 5.38 Å². The molecule has 0 aliphatic rings. The number of rotatable bonds is 9. The topological polar surface area (TPSA) is 154 Å². The highest BCUT2D eigenvalue weighted by Crippen LogP contribution is 2.33. The van der Waals surface area contributed by atoms with Crippen molar-refractivity contribution in [3.05, 3.63) is 16.1 Å². The summed E-state index contributed by atoms with van der Waals surface area (Å²) in [5, 5.41) is 26.5. The van der Waals surface area contributed by atoms with Crippen LogP contribution in [0.25, 0.3) is 10.6 Å². The number of carbonyl (C=O) groups excluding carboxylic acids is 2. The number of carbonyl (C=O) groups is 2. The fourth-order valence-corrected chi connectivity index (χ4v) is 3.92. The number of nitrogens with one attached hydrogen (secondary N) is 2. The first-order valence-corrected chi connectivity index (χ1v) is 10.1. The molecule has 28 heavy (non-hydrogen) atoms. The second kappa shape index (κ2) is 9.20. The molecule has 0 aromatic carbocycles. The van der Waals surface area contributed by atoms with Crippen molar-refractivity contribution >= 4 is 39.6 Å². The van der Waals surface area contributed by atoms with Gasteiger partial charge in [-0.1, -0.05) is 11.3 Å². The van der Waals surface area contributed by atoms with Gasteiger partial charge >= 0.3 is 0 Å². The largest absolute Gasteiger partial charge is 0.394 e. The Hall–Kier alpha value is -2.39. The van der Waals surface area contributed by atoms with Gasteiger partial charge in [-0.05, 0) is 20.8 Å². The lowest BCUT2D eigenvalue weighted by atomic mass is 10.0. The number of nitrogens with zero attached hydrogens (tertiary/aromatic N) is 3. The summed E-state index contributed by atoms with van der Waals surface area (Å²) in [5.74, 6) is -2.45. The second-order valence-corrected chi connectivity index (χ2v) is 8.70. The van der Waals surface area contributed by atoms with Crippen LogP contribution in [0, 0.1) is 24.2 Å². The van der Waals surface area contributed by atoms with Gasteiger partial charge in [0.15, 0.2) is 5.13 Å². The molecule has 2 rings (SSSR count). The molecule has 0 spiro atoms. The highest BCUT2D eigenvalue weighted by molar-refractivity contribution is 7.19. The highest BCUT2D eigenvalue weighted by atomic mass is 32.1. The molecule has 0 bridgehead atoms. The number of primary amides is 1. The Morgan fingerprint density at radius 2 is 2.14 bits per heavy atom. The number of aromatic nitrogens is 2. The average Bonchev–Trinajstić information content (AvgIpc) is 3.21. The van der Waals surface area contributed by atoms with E-state index in [1.54, 1.807) is 20.8 Å². The molecule has 0 aliphatic heterocycles. The minimum absolute atomic E-state index is 0.00442. The van der Waals surface area contributed by atoms with Crippen molar-refractivity contribution in [1.82, 2.24) is 15.3 Å². The zero-order valence-electron chi connectivity index (χ0n) is 15.8. The molecule has 0 saturated carbocycles. The lowest BCUT2D eigenvalue weighted by Crippen LogP contribution is -2.49. The lowest BCUT2D eigenvalue weighted by molar-refractivity contribution is -0.130. The molecule has 150 valence electrons. The number of aliphatic hydroxyl groups is 1. The molecule has 1 atom stereocenters. The summed E-state index contributed by atoms with van der Waals surface area (Å²) in [6.07, 6.45) is 0.240. The molecule has 2 aromatic rings. The minimum Gasteiger partial charge on any atom is -0.394 e. The molecule has 0 saturated heterocycles. The van der Waals surface area contributed by atoms with Crippen molar-refractivity contribution in [1.29, 1.82) is 5.26 Å². The molecular formula is C17H22N6O3S2. The van der Waals surface area contributed by atoms with Gasteiger partial charge in [-0.25, -0.2) is 9.97 Å². The lowest BCUT2D eigenvalue weighted by Gasteiger charge is -2.25. The van der Waals surface area contributed by atoms with Crippen molar-refractivity contribution in [2.45, 2.75) is 32.7 Å². The van der Waals surface area contributed by atoms with Crippen LogP contribution in [0.3, 0.4) is 0 Å². The molecule has 9 nitrogen and oxygen atoms in total. The summed E-state index contributed by atoms with van der Waals surface area (Å²) in [5.41, 5.74) is 6.10. The van der Waals surface area contributed by atoms with Gasteiger partial charge in [0.25, 0.3) is 0 Å². The number of thiazole rings is 2. The van der Waals surface area contributed by atoms with Gasteiger partial charge in [0.1, 0.15) is 10.9 Å². The third-order valence-corrected chi connectivity index (χ3v) is 5.83. The van der Waals surface area contributed by atoms with E-state index >= 15 is 0 Å². The first-order chi connectivity index (χ1) is 13.2. The van der Waals surface area contributed by atoms with Crippen molar-refractivity contribution in [3.63, 3.8) is 0 Å². The number of aryl methyl sites for hydroxylation is 1. The number of nitriles is 1. The zero-order chi connectivity index (χ0) is 20.9. The minimum atomic E-state index is -1.11. The predicted octanol–water partition coefficient (Wildman–Crippen LogP) is 1.04. The van der Waals surface area contributed by atoms with Crippen LogP contribution in [0.1, 0.15) is 24.5 Å². The van der Waals surface area contributed by atoms with Gasteiger partial charge in [0.2, 0.25) is 11.8 Å². The molecule has 1 unspecified atom stereocenters. The molecular weight excluding hydrogens is 400 g/mol. The Bertz CT molecular complexity index is 899. The zero-order valence-corrected chi connectivity index (χ0v) is 17.4. The number of anilines is 1. The Morgan fingerprint density at radius 3 is 2.75 bits per heavy atom. The van der Waals surface area contributed by atoms with E-state index in [4.69, 9.17) is 11.0 Å². The van der Waals surface area contributed by atoms with E-state index < -0.39 is 23.3 Å². The SMILES string of the molecule is Cc1nc(NC(=O)C(CNC(C)(C)CO)C(N)=O)sc1-c1csc(CC#N)n1. The molecule has 2 aromatic heterocycles. The van der Waals surface area contributed by atoms with Crippen LogP contribution in [-0.4, -0.2) is 45.6 Å². The van der Waals surface area contributed by atoms with Gasteiger partial charge < -0.3 is 21.5 Å². The molecule has 5 N–H and O–H groups in total. The molecule has 0 radical (unpaired) electrons. The van der Waals surface area contributed by atoms with Gasteiger partial charge in [-0.2, -0.15) is 5.26 Å². The quantitative estimate of drug-likeness (QED) is 0.440. The van der Waals surface area contributed by atoms with Crippen LogP contribution in [0.5, 0.6) is 0 Å². The second-order valence-electron chi connectivity index (χ2n) is 6.76. The van der Waals surface area contributed by atoms with Crippen LogP contribution >= 0.6 is 22.7 Å². The standard InChI is InChI=1S/C17H22N6O3S2/c1-9-13(11-7-27-12(22-11)4-5-18)28-16(21-9)23-15(26)10(14(19)25)6-20-17(2,3)8-24/h7,10,20,24H,4,6,8H2,1-3H3,(H2,19,25)(H,21,23,26). The smallest absolute Gasteiger partial charge is 0.240 e. The van der Waals surface area contributed by atoms with Crippen molar-refractivity contribution in [2.75, 3.05) is 18.5 Å². The molecule has 2 heterocycles. The molecule has 2 amide bonds. The third-order valence-electron chi connectivity index (χ3n) is 3.88. The van der Waals surface area contributed by atoms with Crippen molar-refractivity contribution < 1.29 is 14.7 Å². The number of amides is 2. The molecule has 11 heteroatoms. The normalized spacial score (nSPS) is 12.4. The summed E-state index contributed by atoms with van der Waals surface area (Å²) in [6.45, 7) is 5.12. The Labute approximate surface area is 170 Å². The van der Waals surface area contributed by atoms with E-state index in [-0.39, 0.29) is 19.6 Å². The highest BCUT2D eigenvalue weighted by Gasteiger charge is 2.28. The van der Waals surface area contributed by atoms with E-state index in [0.29, 0.717) is 21.5 Å². The maximum Gasteiger partial charge on any atom is 0.240 e. The van der Waals surface area contributed by atoms with Crippen molar-refractivity contribution in [3.8, 4) is 16.6 Å². The van der Waals surface area contributed by atoms with Crippen LogP contribution in [0.15, 0.2) is 5.38 Å². The molecule has 0 fully saturated rings. The van der Waals surface area contributed by atoms with E-state index in [0.717, 1.165) is 4.88 Å². The average molecular weight is 423 g/mol. The van der Waals surface area contributed by atoms with Crippen LogP contribution in [0.4, 0.5) is 5.13 Å². The van der Waals surface area contributed by atoms with Gasteiger partial charge in [0, 0.05) is 17.5 Å².